The van der Waals surface area contributed by atoms with Gasteiger partial charge in [-0.2, -0.15) is 0 Å². The molecule has 1 amide bonds. The summed E-state index contributed by atoms with van der Waals surface area (Å²) in [6.07, 6.45) is 2.16. The van der Waals surface area contributed by atoms with Crippen molar-refractivity contribution in [1.29, 1.82) is 0 Å². The highest BCUT2D eigenvalue weighted by molar-refractivity contribution is 5.85. The molecule has 1 saturated heterocycles. The molecule has 0 aromatic heterocycles. The summed E-state index contributed by atoms with van der Waals surface area (Å²) < 4.78 is 5.57. The fraction of sp³-hybridized carbons (Fsp3) is 0.846. The van der Waals surface area contributed by atoms with Gasteiger partial charge in [0.1, 0.15) is 0 Å². The Hall–Kier alpha value is -1.10. The van der Waals surface area contributed by atoms with E-state index in [0.717, 1.165) is 6.42 Å². The minimum atomic E-state index is -0.835. The lowest BCUT2D eigenvalue weighted by Crippen LogP contribution is -2.52. The van der Waals surface area contributed by atoms with Crippen LogP contribution in [0.2, 0.25) is 0 Å². The zero-order chi connectivity index (χ0) is 13.3. The average molecular weight is 255 g/mol. The quantitative estimate of drug-likeness (QED) is 0.803. The number of carbonyl (C=O) groups is 2. The van der Waals surface area contributed by atoms with Gasteiger partial charge in [0.15, 0.2) is 0 Å². The summed E-state index contributed by atoms with van der Waals surface area (Å²) >= 11 is 0. The maximum absolute atomic E-state index is 12.4. The van der Waals surface area contributed by atoms with Crippen LogP contribution in [0.25, 0.3) is 0 Å². The largest absolute Gasteiger partial charge is 0.481 e. The van der Waals surface area contributed by atoms with Crippen LogP contribution < -0.4 is 0 Å². The van der Waals surface area contributed by atoms with Gasteiger partial charge in [-0.25, -0.2) is 0 Å². The SMILES string of the molecule is CC1(C)CN(C(=O)C2CCCC2C(=O)O)CCO1. The average Bonchev–Trinajstić information content (AvgIpc) is 2.75. The van der Waals surface area contributed by atoms with Crippen LogP contribution >= 0.6 is 0 Å². The third kappa shape index (κ3) is 2.66. The van der Waals surface area contributed by atoms with Gasteiger partial charge in [-0.15, -0.1) is 0 Å². The maximum atomic E-state index is 12.4. The fourth-order valence-electron chi connectivity index (χ4n) is 2.99. The van der Waals surface area contributed by atoms with Crippen molar-refractivity contribution in [3.63, 3.8) is 0 Å². The first-order valence-corrected chi connectivity index (χ1v) is 6.56. The number of amides is 1. The van der Waals surface area contributed by atoms with E-state index in [0.29, 0.717) is 32.5 Å². The Morgan fingerprint density at radius 1 is 1.28 bits per heavy atom. The minimum Gasteiger partial charge on any atom is -0.481 e. The summed E-state index contributed by atoms with van der Waals surface area (Å²) in [5, 5.41) is 9.14. The van der Waals surface area contributed by atoms with E-state index in [1.54, 1.807) is 4.90 Å². The van der Waals surface area contributed by atoms with Crippen LogP contribution in [0.15, 0.2) is 0 Å². The molecule has 0 radical (unpaired) electrons. The van der Waals surface area contributed by atoms with Crippen LogP contribution in [0.3, 0.4) is 0 Å². The molecule has 1 aliphatic heterocycles. The number of rotatable bonds is 2. The monoisotopic (exact) mass is 255 g/mol. The molecule has 0 aromatic carbocycles. The number of hydrogen-bond donors (Lipinski definition) is 1. The molecule has 0 aromatic rings. The lowest BCUT2D eigenvalue weighted by atomic mass is 9.94. The molecule has 2 atom stereocenters. The standard InChI is InChI=1S/C13H21NO4/c1-13(2)8-14(6-7-18-13)11(15)9-4-3-5-10(9)12(16)17/h9-10H,3-8H2,1-2H3,(H,16,17). The second-order valence-corrected chi connectivity index (χ2v) is 5.85. The first kappa shape index (κ1) is 13.3. The molecule has 5 heteroatoms. The number of nitrogens with zero attached hydrogens (tertiary/aromatic N) is 1. The molecular weight excluding hydrogens is 234 g/mol. The Morgan fingerprint density at radius 3 is 2.56 bits per heavy atom. The zero-order valence-electron chi connectivity index (χ0n) is 11.0. The number of carboxylic acids is 1. The van der Waals surface area contributed by atoms with Gasteiger partial charge in [-0.1, -0.05) is 6.42 Å². The van der Waals surface area contributed by atoms with Crippen molar-refractivity contribution in [3.05, 3.63) is 0 Å². The van der Waals surface area contributed by atoms with Gasteiger partial charge in [-0.3, -0.25) is 9.59 Å². The van der Waals surface area contributed by atoms with Crippen molar-refractivity contribution in [2.45, 2.75) is 38.7 Å². The highest BCUT2D eigenvalue weighted by Gasteiger charge is 2.41. The second-order valence-electron chi connectivity index (χ2n) is 5.85. The van der Waals surface area contributed by atoms with Gasteiger partial charge in [-0.05, 0) is 26.7 Å². The van der Waals surface area contributed by atoms with Crippen molar-refractivity contribution >= 4 is 11.9 Å². The topological polar surface area (TPSA) is 66.8 Å². The van der Waals surface area contributed by atoms with Gasteiger partial charge in [0, 0.05) is 13.1 Å². The molecule has 1 heterocycles. The Bertz CT molecular complexity index is 353. The maximum Gasteiger partial charge on any atom is 0.307 e. The molecular formula is C13H21NO4. The molecule has 18 heavy (non-hydrogen) atoms. The molecule has 1 saturated carbocycles. The number of hydrogen-bond acceptors (Lipinski definition) is 3. The summed E-state index contributed by atoms with van der Waals surface area (Å²) in [5.41, 5.74) is -0.328. The lowest BCUT2D eigenvalue weighted by molar-refractivity contribution is -0.156. The summed E-state index contributed by atoms with van der Waals surface area (Å²) in [5.74, 6) is -1.67. The molecule has 2 aliphatic rings. The van der Waals surface area contributed by atoms with E-state index >= 15 is 0 Å². The van der Waals surface area contributed by atoms with E-state index in [2.05, 4.69) is 0 Å². The molecule has 1 aliphatic carbocycles. The summed E-state index contributed by atoms with van der Waals surface area (Å²) in [6, 6.07) is 0. The van der Waals surface area contributed by atoms with Crippen molar-refractivity contribution in [1.82, 2.24) is 4.90 Å². The molecule has 0 spiro atoms. The predicted octanol–water partition coefficient (Wildman–Crippen LogP) is 1.12. The highest BCUT2D eigenvalue weighted by Crippen LogP contribution is 2.34. The lowest BCUT2D eigenvalue weighted by Gasteiger charge is -2.39. The smallest absolute Gasteiger partial charge is 0.307 e. The zero-order valence-corrected chi connectivity index (χ0v) is 11.0. The molecule has 2 rings (SSSR count). The first-order chi connectivity index (χ1) is 8.41. The first-order valence-electron chi connectivity index (χ1n) is 6.56. The van der Waals surface area contributed by atoms with Crippen LogP contribution in [-0.2, 0) is 14.3 Å². The number of carboxylic acid groups (broad SMARTS) is 1. The summed E-state index contributed by atoms with van der Waals surface area (Å²) in [7, 11) is 0. The molecule has 1 N–H and O–H groups in total. The van der Waals surface area contributed by atoms with Crippen molar-refractivity contribution < 1.29 is 19.4 Å². The molecule has 0 bridgehead atoms. The third-order valence-corrected chi connectivity index (χ3v) is 3.89. The van der Waals surface area contributed by atoms with E-state index in [-0.39, 0.29) is 17.4 Å². The van der Waals surface area contributed by atoms with Crippen molar-refractivity contribution in [2.24, 2.45) is 11.8 Å². The van der Waals surface area contributed by atoms with Crippen LogP contribution in [0.4, 0.5) is 0 Å². The highest BCUT2D eigenvalue weighted by atomic mass is 16.5. The van der Waals surface area contributed by atoms with E-state index < -0.39 is 11.9 Å². The van der Waals surface area contributed by atoms with Crippen LogP contribution in [0.5, 0.6) is 0 Å². The number of ether oxygens (including phenoxy) is 1. The Labute approximate surface area is 107 Å². The van der Waals surface area contributed by atoms with Crippen LogP contribution in [0, 0.1) is 11.8 Å². The van der Waals surface area contributed by atoms with Gasteiger partial charge in [0.2, 0.25) is 5.91 Å². The summed E-state index contributed by atoms with van der Waals surface area (Å²) in [4.78, 5) is 25.3. The van der Waals surface area contributed by atoms with Gasteiger partial charge in [0.25, 0.3) is 0 Å². The van der Waals surface area contributed by atoms with E-state index in [1.165, 1.54) is 0 Å². The van der Waals surface area contributed by atoms with Gasteiger partial charge >= 0.3 is 5.97 Å². The Balaban J connectivity index is 2.04. The predicted molar refractivity (Wildman–Crippen MR) is 65.1 cm³/mol. The van der Waals surface area contributed by atoms with E-state index in [9.17, 15) is 9.59 Å². The number of aliphatic carboxylic acids is 1. The third-order valence-electron chi connectivity index (χ3n) is 3.89. The van der Waals surface area contributed by atoms with Crippen LogP contribution in [0.1, 0.15) is 33.1 Å². The minimum absolute atomic E-state index is 0.00345. The molecule has 5 nitrogen and oxygen atoms in total. The fourth-order valence-corrected chi connectivity index (χ4v) is 2.99. The summed E-state index contributed by atoms with van der Waals surface area (Å²) in [6.45, 7) is 5.56. The molecule has 2 fully saturated rings. The van der Waals surface area contributed by atoms with E-state index in [4.69, 9.17) is 9.84 Å². The number of morpholine rings is 1. The van der Waals surface area contributed by atoms with E-state index in [1.807, 2.05) is 13.8 Å². The molecule has 102 valence electrons. The van der Waals surface area contributed by atoms with Crippen molar-refractivity contribution in [3.8, 4) is 0 Å². The Kier molecular flexibility index (Phi) is 3.61. The van der Waals surface area contributed by atoms with Crippen molar-refractivity contribution in [2.75, 3.05) is 19.7 Å². The molecule has 2 unspecified atom stereocenters. The second kappa shape index (κ2) is 4.88. The normalized spacial score (nSPS) is 31.3. The van der Waals surface area contributed by atoms with Crippen LogP contribution in [-0.4, -0.2) is 47.2 Å². The van der Waals surface area contributed by atoms with Gasteiger partial charge < -0.3 is 14.7 Å². The Morgan fingerprint density at radius 2 is 1.94 bits per heavy atom. The van der Waals surface area contributed by atoms with Gasteiger partial charge in [0.05, 0.1) is 24.0 Å². The number of carbonyl (C=O) groups excluding carboxylic acids is 1.